The number of anilines is 1. The maximum absolute atomic E-state index is 12.4. The number of ether oxygens (including phenoxy) is 1. The minimum Gasteiger partial charge on any atom is -0.451 e. The van der Waals surface area contributed by atoms with Crippen LogP contribution >= 0.6 is 22.6 Å². The molecule has 132 valence electrons. The molecule has 0 radical (unpaired) electrons. The van der Waals surface area contributed by atoms with Crippen LogP contribution in [0.4, 0.5) is 5.69 Å². The van der Waals surface area contributed by atoms with Gasteiger partial charge in [0.1, 0.15) is 0 Å². The number of hydrogen-bond donors (Lipinski definition) is 1. The third-order valence-electron chi connectivity index (χ3n) is 3.22. The zero-order valence-electron chi connectivity index (χ0n) is 13.5. The largest absolute Gasteiger partial charge is 0.451 e. The van der Waals surface area contributed by atoms with Crippen molar-refractivity contribution in [3.8, 4) is 0 Å². The van der Waals surface area contributed by atoms with Gasteiger partial charge in [-0.05, 0) is 65.9 Å². The summed E-state index contributed by atoms with van der Waals surface area (Å²) in [5, 5.41) is 0. The summed E-state index contributed by atoms with van der Waals surface area (Å²) in [5.41, 5.74) is 1.07. The van der Waals surface area contributed by atoms with E-state index < -0.39 is 22.1 Å². The molecule has 0 saturated carbocycles. The van der Waals surface area contributed by atoms with E-state index in [-0.39, 0.29) is 5.78 Å². The van der Waals surface area contributed by atoms with Crippen LogP contribution in [-0.2, 0) is 14.8 Å². The van der Waals surface area contributed by atoms with E-state index in [1.165, 1.54) is 31.2 Å². The number of Topliss-reactive ketones (excluding diaryl/α,β-unsaturated/α-hetero) is 1. The minimum atomic E-state index is -3.38. The van der Waals surface area contributed by atoms with Crippen molar-refractivity contribution in [3.63, 3.8) is 0 Å². The van der Waals surface area contributed by atoms with E-state index in [9.17, 15) is 18.0 Å². The Hall–Kier alpha value is -1.94. The zero-order valence-corrected chi connectivity index (χ0v) is 16.5. The van der Waals surface area contributed by atoms with Gasteiger partial charge in [-0.3, -0.25) is 9.52 Å². The second-order valence-electron chi connectivity index (χ2n) is 5.34. The molecule has 0 spiro atoms. The summed E-state index contributed by atoms with van der Waals surface area (Å²) in [6.45, 7) is 1.50. The van der Waals surface area contributed by atoms with Gasteiger partial charge in [-0.2, -0.15) is 0 Å². The van der Waals surface area contributed by atoms with E-state index in [2.05, 4.69) is 4.72 Å². The average Bonchev–Trinajstić information content (AvgIpc) is 2.53. The third kappa shape index (κ3) is 5.53. The highest BCUT2D eigenvalue weighted by Gasteiger charge is 2.21. The van der Waals surface area contributed by atoms with Gasteiger partial charge in [-0.25, -0.2) is 13.2 Å². The molecule has 25 heavy (non-hydrogen) atoms. The lowest BCUT2D eigenvalue weighted by molar-refractivity contribution is 0.0318. The molecule has 2 aromatic carbocycles. The van der Waals surface area contributed by atoms with Crippen LogP contribution in [0.25, 0.3) is 0 Å². The predicted molar refractivity (Wildman–Crippen MR) is 103 cm³/mol. The Morgan fingerprint density at radius 2 is 1.68 bits per heavy atom. The predicted octanol–water partition coefficient (Wildman–Crippen LogP) is 3.09. The Balaban J connectivity index is 2.07. The topological polar surface area (TPSA) is 89.5 Å². The minimum absolute atomic E-state index is 0.321. The summed E-state index contributed by atoms with van der Waals surface area (Å²) in [4.78, 5) is 24.5. The average molecular weight is 473 g/mol. The molecular weight excluding hydrogens is 457 g/mol. The maximum atomic E-state index is 12.4. The quantitative estimate of drug-likeness (QED) is 0.396. The number of carbonyl (C=O) groups excluding carboxylic acids is 2. The van der Waals surface area contributed by atoms with E-state index in [1.54, 1.807) is 24.3 Å². The summed E-state index contributed by atoms with van der Waals surface area (Å²) in [6, 6.07) is 12.8. The lowest BCUT2D eigenvalue weighted by Gasteiger charge is -2.13. The number of rotatable bonds is 6. The monoisotopic (exact) mass is 473 g/mol. The fraction of sp³-hybridized carbons (Fsp3) is 0.176. The number of benzene rings is 2. The van der Waals surface area contributed by atoms with Gasteiger partial charge in [0.2, 0.25) is 15.8 Å². The Morgan fingerprint density at radius 1 is 1.08 bits per heavy atom. The summed E-state index contributed by atoms with van der Waals surface area (Å²) < 4.78 is 30.6. The first-order valence-electron chi connectivity index (χ1n) is 7.25. The second kappa shape index (κ2) is 7.96. The summed E-state index contributed by atoms with van der Waals surface area (Å²) in [5.74, 6) is -0.939. The molecule has 1 atom stereocenters. The molecule has 0 amide bonds. The summed E-state index contributed by atoms with van der Waals surface area (Å²) >= 11 is 2.02. The third-order valence-corrected chi connectivity index (χ3v) is 4.77. The second-order valence-corrected chi connectivity index (χ2v) is 8.25. The highest BCUT2D eigenvalue weighted by Crippen LogP contribution is 2.16. The van der Waals surface area contributed by atoms with Crippen molar-refractivity contribution >= 4 is 50.1 Å². The zero-order chi connectivity index (χ0) is 18.6. The molecule has 0 bridgehead atoms. The molecule has 0 fully saturated rings. The molecule has 1 unspecified atom stereocenters. The molecule has 0 heterocycles. The van der Waals surface area contributed by atoms with Crippen LogP contribution in [0.15, 0.2) is 48.5 Å². The Labute approximate surface area is 159 Å². The van der Waals surface area contributed by atoms with Gasteiger partial charge in [-0.1, -0.05) is 12.1 Å². The number of sulfonamides is 1. The molecular formula is C17H16INO5S. The lowest BCUT2D eigenvalue weighted by atomic mass is 10.1. The first kappa shape index (κ1) is 19.4. The van der Waals surface area contributed by atoms with Crippen LogP contribution in [-0.4, -0.2) is 32.5 Å². The first-order chi connectivity index (χ1) is 11.7. The van der Waals surface area contributed by atoms with Gasteiger partial charge in [0, 0.05) is 14.8 Å². The lowest BCUT2D eigenvalue weighted by Crippen LogP contribution is -2.24. The van der Waals surface area contributed by atoms with Crippen molar-refractivity contribution in [2.45, 2.75) is 13.0 Å². The fourth-order valence-electron chi connectivity index (χ4n) is 2.06. The normalized spacial score (nSPS) is 12.3. The highest BCUT2D eigenvalue weighted by molar-refractivity contribution is 14.1. The van der Waals surface area contributed by atoms with Gasteiger partial charge in [0.05, 0.1) is 11.8 Å². The molecule has 0 aromatic heterocycles. The van der Waals surface area contributed by atoms with Crippen molar-refractivity contribution in [2.24, 2.45) is 0 Å². The van der Waals surface area contributed by atoms with Crippen molar-refractivity contribution in [1.82, 2.24) is 0 Å². The molecule has 0 aliphatic carbocycles. The highest BCUT2D eigenvalue weighted by atomic mass is 127. The summed E-state index contributed by atoms with van der Waals surface area (Å²) in [7, 11) is -3.38. The van der Waals surface area contributed by atoms with Crippen molar-refractivity contribution in [3.05, 3.63) is 63.2 Å². The van der Waals surface area contributed by atoms with E-state index in [0.717, 1.165) is 9.83 Å². The maximum Gasteiger partial charge on any atom is 0.339 e. The van der Waals surface area contributed by atoms with Crippen LogP contribution in [0.1, 0.15) is 27.6 Å². The van der Waals surface area contributed by atoms with Gasteiger partial charge in [0.15, 0.2) is 6.10 Å². The van der Waals surface area contributed by atoms with Crippen LogP contribution in [0, 0.1) is 3.57 Å². The van der Waals surface area contributed by atoms with E-state index >= 15 is 0 Å². The van der Waals surface area contributed by atoms with Crippen molar-refractivity contribution in [2.75, 3.05) is 11.0 Å². The van der Waals surface area contributed by atoms with Gasteiger partial charge in [0.25, 0.3) is 0 Å². The number of nitrogens with one attached hydrogen (secondary N) is 1. The molecule has 2 aromatic rings. The van der Waals surface area contributed by atoms with Gasteiger partial charge in [-0.15, -0.1) is 0 Å². The smallest absolute Gasteiger partial charge is 0.339 e. The number of carbonyl (C=O) groups is 2. The molecule has 0 aliphatic heterocycles. The van der Waals surface area contributed by atoms with Gasteiger partial charge < -0.3 is 4.74 Å². The van der Waals surface area contributed by atoms with E-state index in [1.807, 2.05) is 22.6 Å². The number of esters is 1. The molecule has 0 aliphatic rings. The van der Waals surface area contributed by atoms with Crippen LogP contribution in [0.5, 0.6) is 0 Å². The molecule has 1 N–H and O–H groups in total. The number of ketones is 1. The van der Waals surface area contributed by atoms with Crippen LogP contribution in [0.3, 0.4) is 0 Å². The Bertz CT molecular complexity index is 894. The van der Waals surface area contributed by atoms with Gasteiger partial charge >= 0.3 is 5.97 Å². The first-order valence-corrected chi connectivity index (χ1v) is 10.2. The van der Waals surface area contributed by atoms with Crippen LogP contribution < -0.4 is 4.72 Å². The number of halogens is 1. The molecule has 6 nitrogen and oxygen atoms in total. The standard InChI is InChI=1S/C17H16INO5S/c1-11(24-17(21)14-5-3-4-6-15(14)18)16(20)12-7-9-13(10-8-12)19-25(2,22)23/h3-11,19H,1-2H3. The molecule has 0 saturated heterocycles. The van der Waals surface area contributed by atoms with E-state index in [4.69, 9.17) is 4.74 Å². The van der Waals surface area contributed by atoms with E-state index in [0.29, 0.717) is 16.8 Å². The Kier molecular flexibility index (Phi) is 6.17. The fourth-order valence-corrected chi connectivity index (χ4v) is 3.23. The van der Waals surface area contributed by atoms with Crippen molar-refractivity contribution < 1.29 is 22.7 Å². The molecule has 2 rings (SSSR count). The van der Waals surface area contributed by atoms with Crippen molar-refractivity contribution in [1.29, 1.82) is 0 Å². The summed E-state index contributed by atoms with van der Waals surface area (Å²) in [6.07, 6.45) is 0.0793. The van der Waals surface area contributed by atoms with Crippen LogP contribution in [0.2, 0.25) is 0 Å². The molecule has 8 heteroatoms. The Morgan fingerprint density at radius 3 is 2.24 bits per heavy atom. The number of hydrogen-bond acceptors (Lipinski definition) is 5. The SMILES string of the molecule is CC(OC(=O)c1ccccc1I)C(=O)c1ccc(NS(C)(=O)=O)cc1.